The minimum Gasteiger partial charge on any atom is -0.311 e. The van der Waals surface area contributed by atoms with Gasteiger partial charge in [0.15, 0.2) is 0 Å². The van der Waals surface area contributed by atoms with Crippen LogP contribution in [0.15, 0.2) is 89.8 Å². The van der Waals surface area contributed by atoms with E-state index in [1.54, 1.807) is 49.5 Å². The summed E-state index contributed by atoms with van der Waals surface area (Å²) in [6.07, 6.45) is 0. The molecule has 0 saturated heterocycles. The summed E-state index contributed by atoms with van der Waals surface area (Å²) in [5.74, 6) is -0.284. The number of anilines is 2. The number of para-hydroxylation sites is 2. The lowest BCUT2D eigenvalue weighted by atomic mass is 10.2. The lowest BCUT2D eigenvalue weighted by Gasteiger charge is -2.17. The van der Waals surface area contributed by atoms with Gasteiger partial charge in [-0.15, -0.1) is 0 Å². The number of nitrogens with zero attached hydrogens (tertiary/aromatic N) is 1. The first-order valence-electron chi connectivity index (χ1n) is 7.98. The van der Waals surface area contributed by atoms with Crippen molar-refractivity contribution in [1.82, 2.24) is 0 Å². The Hall–Kier alpha value is -3.12. The van der Waals surface area contributed by atoms with E-state index in [0.29, 0.717) is 11.3 Å². The number of amides is 1. The molecule has 0 atom stereocenters. The fourth-order valence-corrected chi connectivity index (χ4v) is 3.58. The standard InChI is InChI=1S/C20H18N2O3S/c1-22(18-12-6-3-7-13-18)20(23)16-9-8-14-19(15-16)26(24,25)21-17-10-4-2-5-11-17/h2-15,21H,1H3. The Morgan fingerprint density at radius 3 is 2.12 bits per heavy atom. The Morgan fingerprint density at radius 1 is 0.846 bits per heavy atom. The molecule has 0 aliphatic carbocycles. The maximum absolute atomic E-state index is 12.7. The van der Waals surface area contributed by atoms with Crippen molar-refractivity contribution in [3.63, 3.8) is 0 Å². The smallest absolute Gasteiger partial charge is 0.261 e. The highest BCUT2D eigenvalue weighted by atomic mass is 32.2. The second-order valence-corrected chi connectivity index (χ2v) is 7.38. The van der Waals surface area contributed by atoms with Gasteiger partial charge in [0.05, 0.1) is 4.90 Å². The van der Waals surface area contributed by atoms with E-state index in [-0.39, 0.29) is 10.8 Å². The second kappa shape index (κ2) is 7.41. The van der Waals surface area contributed by atoms with Crippen LogP contribution in [0.4, 0.5) is 11.4 Å². The summed E-state index contributed by atoms with van der Waals surface area (Å²) in [6.45, 7) is 0. The maximum atomic E-state index is 12.7. The van der Waals surface area contributed by atoms with Crippen LogP contribution < -0.4 is 9.62 Å². The Balaban J connectivity index is 1.87. The molecule has 0 spiro atoms. The summed E-state index contributed by atoms with van der Waals surface area (Å²) in [5, 5.41) is 0. The van der Waals surface area contributed by atoms with Crippen LogP contribution in [-0.2, 0) is 10.0 Å². The van der Waals surface area contributed by atoms with E-state index in [2.05, 4.69) is 4.72 Å². The Kier molecular flexibility index (Phi) is 5.04. The molecule has 3 aromatic rings. The number of rotatable bonds is 5. The number of carbonyl (C=O) groups excluding carboxylic acids is 1. The van der Waals surface area contributed by atoms with Gasteiger partial charge in [0.1, 0.15) is 0 Å². The molecule has 0 saturated carbocycles. The molecule has 0 heterocycles. The zero-order valence-electron chi connectivity index (χ0n) is 14.2. The molecule has 0 radical (unpaired) electrons. The zero-order valence-corrected chi connectivity index (χ0v) is 15.0. The highest BCUT2D eigenvalue weighted by Gasteiger charge is 2.18. The van der Waals surface area contributed by atoms with Gasteiger partial charge >= 0.3 is 0 Å². The van der Waals surface area contributed by atoms with Gasteiger partial charge in [0.2, 0.25) is 0 Å². The average molecular weight is 366 g/mol. The zero-order chi connectivity index (χ0) is 18.6. The fraction of sp³-hybridized carbons (Fsp3) is 0.0500. The number of nitrogens with one attached hydrogen (secondary N) is 1. The van der Waals surface area contributed by atoms with Gasteiger partial charge in [-0.3, -0.25) is 9.52 Å². The molecule has 1 amide bonds. The number of hydrogen-bond acceptors (Lipinski definition) is 3. The van der Waals surface area contributed by atoms with Crippen molar-refractivity contribution in [2.45, 2.75) is 4.90 Å². The molecule has 0 aromatic heterocycles. The molecule has 26 heavy (non-hydrogen) atoms. The van der Waals surface area contributed by atoms with Crippen molar-refractivity contribution in [3.05, 3.63) is 90.5 Å². The van der Waals surface area contributed by atoms with Crippen LogP contribution in [0.1, 0.15) is 10.4 Å². The van der Waals surface area contributed by atoms with Crippen LogP contribution in [-0.4, -0.2) is 21.4 Å². The van der Waals surface area contributed by atoms with Crippen LogP contribution >= 0.6 is 0 Å². The molecule has 0 fully saturated rings. The number of carbonyl (C=O) groups is 1. The molecule has 0 bridgehead atoms. The second-order valence-electron chi connectivity index (χ2n) is 5.70. The summed E-state index contributed by atoms with van der Waals surface area (Å²) >= 11 is 0. The molecule has 0 unspecified atom stereocenters. The summed E-state index contributed by atoms with van der Waals surface area (Å²) < 4.78 is 27.7. The van der Waals surface area contributed by atoms with Crippen LogP contribution in [0.2, 0.25) is 0 Å². The fourth-order valence-electron chi connectivity index (χ4n) is 2.48. The SMILES string of the molecule is CN(C(=O)c1cccc(S(=O)(=O)Nc2ccccc2)c1)c1ccccc1. The third kappa shape index (κ3) is 3.92. The van der Waals surface area contributed by atoms with Crippen LogP contribution in [0, 0.1) is 0 Å². The van der Waals surface area contributed by atoms with Gasteiger partial charge in [-0.05, 0) is 42.5 Å². The summed E-state index contributed by atoms with van der Waals surface area (Å²) in [5.41, 5.74) is 1.49. The normalized spacial score (nSPS) is 11.0. The van der Waals surface area contributed by atoms with Crippen molar-refractivity contribution in [3.8, 4) is 0 Å². The van der Waals surface area contributed by atoms with E-state index in [9.17, 15) is 13.2 Å². The molecule has 0 aliphatic rings. The Bertz CT molecular complexity index is 1000. The lowest BCUT2D eigenvalue weighted by molar-refractivity contribution is 0.0993. The summed E-state index contributed by atoms with van der Waals surface area (Å²) in [7, 11) is -2.13. The molecule has 3 aromatic carbocycles. The predicted molar refractivity (Wildman–Crippen MR) is 103 cm³/mol. The van der Waals surface area contributed by atoms with Crippen molar-refractivity contribution in [2.75, 3.05) is 16.7 Å². The van der Waals surface area contributed by atoms with Crippen molar-refractivity contribution >= 4 is 27.3 Å². The monoisotopic (exact) mass is 366 g/mol. The first kappa shape index (κ1) is 17.7. The molecular weight excluding hydrogens is 348 g/mol. The summed E-state index contributed by atoms with van der Waals surface area (Å²) in [4.78, 5) is 14.2. The van der Waals surface area contributed by atoms with Gasteiger partial charge in [0, 0.05) is 24.0 Å². The van der Waals surface area contributed by atoms with E-state index in [1.165, 1.54) is 17.0 Å². The molecule has 0 aliphatic heterocycles. The molecule has 3 rings (SSSR count). The van der Waals surface area contributed by atoms with Gasteiger partial charge in [-0.25, -0.2) is 8.42 Å². The van der Waals surface area contributed by atoms with Crippen molar-refractivity contribution < 1.29 is 13.2 Å². The molecular formula is C20H18N2O3S. The maximum Gasteiger partial charge on any atom is 0.261 e. The average Bonchev–Trinajstić information content (AvgIpc) is 2.68. The van der Waals surface area contributed by atoms with Crippen molar-refractivity contribution in [1.29, 1.82) is 0 Å². The minimum atomic E-state index is -3.78. The predicted octanol–water partition coefficient (Wildman–Crippen LogP) is 3.76. The van der Waals surface area contributed by atoms with Gasteiger partial charge in [-0.2, -0.15) is 0 Å². The van der Waals surface area contributed by atoms with Crippen LogP contribution in [0.3, 0.4) is 0 Å². The first-order valence-corrected chi connectivity index (χ1v) is 9.47. The number of benzene rings is 3. The first-order chi connectivity index (χ1) is 12.5. The van der Waals surface area contributed by atoms with E-state index >= 15 is 0 Å². The molecule has 132 valence electrons. The molecule has 6 heteroatoms. The Morgan fingerprint density at radius 2 is 1.46 bits per heavy atom. The van der Waals surface area contributed by atoms with Crippen LogP contribution in [0.5, 0.6) is 0 Å². The van der Waals surface area contributed by atoms with Gasteiger partial charge < -0.3 is 4.90 Å². The molecule has 5 nitrogen and oxygen atoms in total. The lowest BCUT2D eigenvalue weighted by Crippen LogP contribution is -2.26. The van der Waals surface area contributed by atoms with E-state index < -0.39 is 10.0 Å². The van der Waals surface area contributed by atoms with E-state index in [0.717, 1.165) is 5.69 Å². The Labute approximate surface area is 153 Å². The largest absolute Gasteiger partial charge is 0.311 e. The highest BCUT2D eigenvalue weighted by Crippen LogP contribution is 2.19. The summed E-state index contributed by atoms with van der Waals surface area (Å²) in [6, 6.07) is 23.8. The van der Waals surface area contributed by atoms with Crippen LogP contribution in [0.25, 0.3) is 0 Å². The van der Waals surface area contributed by atoms with E-state index in [4.69, 9.17) is 0 Å². The number of sulfonamides is 1. The number of hydrogen-bond donors (Lipinski definition) is 1. The topological polar surface area (TPSA) is 66.5 Å². The third-order valence-electron chi connectivity index (χ3n) is 3.87. The van der Waals surface area contributed by atoms with Crippen molar-refractivity contribution in [2.24, 2.45) is 0 Å². The van der Waals surface area contributed by atoms with Gasteiger partial charge in [-0.1, -0.05) is 42.5 Å². The van der Waals surface area contributed by atoms with Gasteiger partial charge in [0.25, 0.3) is 15.9 Å². The third-order valence-corrected chi connectivity index (χ3v) is 5.24. The molecule has 1 N–H and O–H groups in total. The quantitative estimate of drug-likeness (QED) is 0.748. The van der Waals surface area contributed by atoms with E-state index in [1.807, 2.05) is 30.3 Å². The highest BCUT2D eigenvalue weighted by molar-refractivity contribution is 7.92. The minimum absolute atomic E-state index is 0.0358.